The summed E-state index contributed by atoms with van der Waals surface area (Å²) in [5, 5.41) is 0. The Morgan fingerprint density at radius 1 is 0.565 bits per heavy atom. The van der Waals surface area contributed by atoms with E-state index in [1.807, 2.05) is 0 Å². The maximum Gasteiger partial charge on any atom is 0.460 e. The lowest BCUT2D eigenvalue weighted by Gasteiger charge is -2.39. The van der Waals surface area contributed by atoms with Crippen LogP contribution in [-0.4, -0.2) is 35.8 Å². The van der Waals surface area contributed by atoms with E-state index in [0.29, 0.717) is 6.08 Å². The van der Waals surface area contributed by atoms with Crippen molar-refractivity contribution in [3.8, 4) is 0 Å². The highest BCUT2D eigenvalue weighted by Crippen LogP contribution is 2.60. The van der Waals surface area contributed by atoms with Gasteiger partial charge in [-0.3, -0.25) is 0 Å². The van der Waals surface area contributed by atoms with Crippen molar-refractivity contribution in [2.24, 2.45) is 0 Å². The molecule has 0 nitrogen and oxygen atoms in total. The minimum atomic E-state index is -7.83. The van der Waals surface area contributed by atoms with Crippen LogP contribution >= 0.6 is 0 Å². The maximum absolute atomic E-state index is 13.0. The second kappa shape index (κ2) is 5.72. The summed E-state index contributed by atoms with van der Waals surface area (Å²) in [6.07, 6.45) is -10.2. The first-order valence-corrected chi connectivity index (χ1v) is 5.38. The topological polar surface area (TPSA) is 0 Å². The van der Waals surface area contributed by atoms with Gasteiger partial charge in [-0.05, 0) is 6.42 Å². The van der Waals surface area contributed by atoms with Gasteiger partial charge < -0.3 is 0 Å². The molecule has 0 aromatic rings. The van der Waals surface area contributed by atoms with E-state index in [-0.39, 0.29) is 0 Å². The molecule has 0 radical (unpaired) electrons. The summed E-state index contributed by atoms with van der Waals surface area (Å²) in [6.45, 7) is 2.75. The monoisotopic (exact) mass is 374 g/mol. The molecule has 0 aliphatic heterocycles. The summed E-state index contributed by atoms with van der Waals surface area (Å²) < 4.78 is 163. The van der Waals surface area contributed by atoms with E-state index in [1.54, 1.807) is 0 Å². The molecule has 0 unspecified atom stereocenters. The molecule has 0 saturated carbocycles. The number of hydrogen-bond acceptors (Lipinski definition) is 0. The first kappa shape index (κ1) is 21.8. The standard InChI is InChI=1S/C10H7F13/c1-2-3-4-5(11,12)6(13,14)7(15,16)8(17,18)9(19,20)10(21,22)23/h2H,1,3-4H2. The molecule has 0 N–H and O–H groups in total. The zero-order valence-corrected chi connectivity index (χ0v) is 10.6. The minimum Gasteiger partial charge on any atom is -0.200 e. The molecule has 0 amide bonds. The second-order valence-electron chi connectivity index (χ2n) is 4.33. The van der Waals surface area contributed by atoms with Gasteiger partial charge in [0.15, 0.2) is 0 Å². The van der Waals surface area contributed by atoms with Crippen LogP contribution in [0.1, 0.15) is 12.8 Å². The SMILES string of the molecule is C=CCCC(F)(F)C(F)(F)C(F)(F)C(F)(F)C(F)(F)C(F)(F)F. The fourth-order valence-corrected chi connectivity index (χ4v) is 1.24. The normalized spacial score (nSPS) is 15.7. The first-order chi connectivity index (χ1) is 9.81. The average Bonchev–Trinajstić information content (AvgIpc) is 2.34. The van der Waals surface area contributed by atoms with Crippen molar-refractivity contribution in [2.75, 3.05) is 0 Å². The lowest BCUT2D eigenvalue weighted by Crippen LogP contribution is -2.70. The van der Waals surface area contributed by atoms with Crippen molar-refractivity contribution in [2.45, 2.75) is 48.6 Å². The summed E-state index contributed by atoms with van der Waals surface area (Å²) in [5.41, 5.74) is 0. The van der Waals surface area contributed by atoms with Crippen molar-refractivity contribution in [1.82, 2.24) is 0 Å². The van der Waals surface area contributed by atoms with E-state index < -0.39 is 48.6 Å². The van der Waals surface area contributed by atoms with Gasteiger partial charge in [0, 0.05) is 6.42 Å². The highest BCUT2D eigenvalue weighted by Gasteiger charge is 2.90. The Labute approximate surface area is 119 Å². The fraction of sp³-hybridized carbons (Fsp3) is 0.800. The fourth-order valence-electron chi connectivity index (χ4n) is 1.24. The molecule has 0 aliphatic carbocycles. The molecule has 138 valence electrons. The lowest BCUT2D eigenvalue weighted by atomic mass is 9.92. The van der Waals surface area contributed by atoms with Crippen molar-refractivity contribution in [3.05, 3.63) is 12.7 Å². The maximum atomic E-state index is 13.0. The molecule has 0 bridgehead atoms. The summed E-state index contributed by atoms with van der Waals surface area (Å²) in [7, 11) is 0. The van der Waals surface area contributed by atoms with Gasteiger partial charge in [-0.25, -0.2) is 0 Å². The molecule has 0 spiro atoms. The van der Waals surface area contributed by atoms with Crippen LogP contribution < -0.4 is 0 Å². The van der Waals surface area contributed by atoms with Crippen LogP contribution in [0.3, 0.4) is 0 Å². The van der Waals surface area contributed by atoms with Gasteiger partial charge in [0.1, 0.15) is 0 Å². The van der Waals surface area contributed by atoms with Crippen LogP contribution in [0, 0.1) is 0 Å². The number of hydrogen-bond donors (Lipinski definition) is 0. The smallest absolute Gasteiger partial charge is 0.200 e. The molecule has 0 heterocycles. The van der Waals surface area contributed by atoms with Crippen molar-refractivity contribution < 1.29 is 57.1 Å². The van der Waals surface area contributed by atoms with Gasteiger partial charge in [0.25, 0.3) is 0 Å². The zero-order valence-electron chi connectivity index (χ0n) is 10.6. The molecule has 13 heteroatoms. The average molecular weight is 374 g/mol. The van der Waals surface area contributed by atoms with Crippen LogP contribution in [0.15, 0.2) is 12.7 Å². The third kappa shape index (κ3) is 3.10. The van der Waals surface area contributed by atoms with Gasteiger partial charge in [0.2, 0.25) is 0 Å². The molecular formula is C10H7F13. The summed E-state index contributed by atoms with van der Waals surface area (Å²) in [4.78, 5) is 0. The van der Waals surface area contributed by atoms with Crippen molar-refractivity contribution in [3.63, 3.8) is 0 Å². The van der Waals surface area contributed by atoms with E-state index in [1.165, 1.54) is 0 Å². The van der Waals surface area contributed by atoms with Crippen molar-refractivity contribution >= 4 is 0 Å². The second-order valence-corrected chi connectivity index (χ2v) is 4.33. The molecule has 0 aromatic carbocycles. The van der Waals surface area contributed by atoms with Crippen LogP contribution in [0.4, 0.5) is 57.1 Å². The van der Waals surface area contributed by atoms with E-state index in [9.17, 15) is 57.1 Å². The van der Waals surface area contributed by atoms with Crippen LogP contribution in [0.2, 0.25) is 0 Å². The minimum absolute atomic E-state index is 0.491. The van der Waals surface area contributed by atoms with E-state index in [4.69, 9.17) is 0 Å². The Bertz CT molecular complexity index is 431. The van der Waals surface area contributed by atoms with E-state index in [2.05, 4.69) is 6.58 Å². The molecule has 0 aliphatic rings. The van der Waals surface area contributed by atoms with Gasteiger partial charge >= 0.3 is 35.8 Å². The van der Waals surface area contributed by atoms with Crippen LogP contribution in [-0.2, 0) is 0 Å². The summed E-state index contributed by atoms with van der Waals surface area (Å²) in [6, 6.07) is 0. The zero-order chi connectivity index (χ0) is 19.1. The Kier molecular flexibility index (Phi) is 5.43. The number of alkyl halides is 13. The quantitative estimate of drug-likeness (QED) is 0.397. The predicted octanol–water partition coefficient (Wildman–Crippen LogP) is 5.69. The Balaban J connectivity index is 6.08. The summed E-state index contributed by atoms with van der Waals surface area (Å²) in [5.74, 6) is -36.4. The number of halogens is 13. The lowest BCUT2D eigenvalue weighted by molar-refractivity contribution is -0.440. The van der Waals surface area contributed by atoms with Crippen LogP contribution in [0.5, 0.6) is 0 Å². The molecule has 0 saturated heterocycles. The molecule has 0 atom stereocenters. The molecule has 0 aromatic heterocycles. The van der Waals surface area contributed by atoms with Gasteiger partial charge in [-0.1, -0.05) is 6.08 Å². The number of allylic oxidation sites excluding steroid dienone is 1. The van der Waals surface area contributed by atoms with Gasteiger partial charge in [-0.15, -0.1) is 6.58 Å². The third-order valence-electron chi connectivity index (χ3n) is 2.66. The molecule has 0 fully saturated rings. The van der Waals surface area contributed by atoms with E-state index >= 15 is 0 Å². The number of rotatable bonds is 7. The van der Waals surface area contributed by atoms with Crippen molar-refractivity contribution in [1.29, 1.82) is 0 Å². The molecule has 23 heavy (non-hydrogen) atoms. The molecule has 0 rings (SSSR count). The highest BCUT2D eigenvalue weighted by molar-refractivity contribution is 5.10. The highest BCUT2D eigenvalue weighted by atomic mass is 19.4. The summed E-state index contributed by atoms with van der Waals surface area (Å²) >= 11 is 0. The molecular weight excluding hydrogens is 367 g/mol. The van der Waals surface area contributed by atoms with Gasteiger partial charge in [-0.2, -0.15) is 57.1 Å². The van der Waals surface area contributed by atoms with Crippen LogP contribution in [0.25, 0.3) is 0 Å². The Morgan fingerprint density at radius 2 is 0.913 bits per heavy atom. The predicted molar refractivity (Wildman–Crippen MR) is 50.2 cm³/mol. The van der Waals surface area contributed by atoms with Gasteiger partial charge in [0.05, 0.1) is 0 Å². The van der Waals surface area contributed by atoms with E-state index in [0.717, 1.165) is 0 Å². The largest absolute Gasteiger partial charge is 0.460 e. The Morgan fingerprint density at radius 3 is 1.22 bits per heavy atom. The third-order valence-corrected chi connectivity index (χ3v) is 2.66. The first-order valence-electron chi connectivity index (χ1n) is 5.38. The Hall–Kier alpha value is -1.17.